The molecule has 0 bridgehead atoms. The van der Waals surface area contributed by atoms with Gasteiger partial charge in [0, 0.05) is 24.6 Å². The lowest BCUT2D eigenvalue weighted by atomic mass is 9.97. The number of nitrogens with zero attached hydrogens (tertiary/aromatic N) is 2. The van der Waals surface area contributed by atoms with Gasteiger partial charge in [0.1, 0.15) is 4.21 Å². The Kier molecular flexibility index (Phi) is 6.60. The van der Waals surface area contributed by atoms with E-state index < -0.39 is 10.0 Å². The Bertz CT molecular complexity index is 1300. The molecule has 1 aliphatic heterocycles. The van der Waals surface area contributed by atoms with E-state index in [1.807, 2.05) is 60.7 Å². The highest BCUT2D eigenvalue weighted by Crippen LogP contribution is 2.39. The fourth-order valence-corrected chi connectivity index (χ4v) is 7.66. The van der Waals surface area contributed by atoms with Crippen molar-refractivity contribution in [3.63, 3.8) is 0 Å². The Hall–Kier alpha value is -2.85. The molecule has 0 radical (unpaired) electrons. The predicted molar refractivity (Wildman–Crippen MR) is 137 cm³/mol. The molecule has 1 N–H and O–H groups in total. The maximum absolute atomic E-state index is 13.0. The summed E-state index contributed by atoms with van der Waals surface area (Å²) in [6.45, 7) is 0.668. The second kappa shape index (κ2) is 9.79. The molecule has 3 heterocycles. The molecule has 1 amide bonds. The van der Waals surface area contributed by atoms with E-state index in [2.05, 4.69) is 5.32 Å². The van der Waals surface area contributed by atoms with Crippen molar-refractivity contribution in [2.45, 2.75) is 17.1 Å². The van der Waals surface area contributed by atoms with Crippen molar-refractivity contribution < 1.29 is 13.2 Å². The molecule has 174 valence electrons. The molecular weight excluding hydrogens is 486 g/mol. The second-order valence-electron chi connectivity index (χ2n) is 8.03. The first-order valence-corrected chi connectivity index (χ1v) is 14.1. The third-order valence-electron chi connectivity index (χ3n) is 5.85. The van der Waals surface area contributed by atoms with E-state index in [1.165, 1.54) is 27.0 Å². The first kappa shape index (κ1) is 22.9. The van der Waals surface area contributed by atoms with Crippen LogP contribution >= 0.6 is 22.7 Å². The fraction of sp³-hybridized carbons (Fsp3) is 0.200. The molecule has 2 aromatic heterocycles. The van der Waals surface area contributed by atoms with Crippen molar-refractivity contribution in [3.05, 3.63) is 78.2 Å². The quantitative estimate of drug-likeness (QED) is 0.368. The van der Waals surface area contributed by atoms with Crippen LogP contribution in [0.4, 0.5) is 5.13 Å². The Labute approximate surface area is 207 Å². The molecule has 0 spiro atoms. The topological polar surface area (TPSA) is 79.4 Å². The summed E-state index contributed by atoms with van der Waals surface area (Å²) in [5.74, 6) is -0.361. The third kappa shape index (κ3) is 4.69. The van der Waals surface area contributed by atoms with Crippen molar-refractivity contribution in [1.82, 2.24) is 9.29 Å². The lowest BCUT2D eigenvalue weighted by Crippen LogP contribution is -2.41. The Morgan fingerprint density at radius 1 is 0.912 bits per heavy atom. The highest BCUT2D eigenvalue weighted by atomic mass is 32.2. The minimum absolute atomic E-state index is 0.110. The Balaban J connectivity index is 1.31. The number of hydrogen-bond acceptors (Lipinski definition) is 6. The summed E-state index contributed by atoms with van der Waals surface area (Å²) < 4.78 is 27.3. The molecule has 0 atom stereocenters. The number of rotatable bonds is 6. The van der Waals surface area contributed by atoms with Gasteiger partial charge in [-0.25, -0.2) is 13.4 Å². The molecule has 4 aromatic rings. The van der Waals surface area contributed by atoms with E-state index in [9.17, 15) is 13.2 Å². The number of anilines is 1. The van der Waals surface area contributed by atoms with Crippen LogP contribution in [-0.4, -0.2) is 36.7 Å². The van der Waals surface area contributed by atoms with E-state index in [0.717, 1.165) is 21.7 Å². The van der Waals surface area contributed by atoms with Gasteiger partial charge in [0.05, 0.1) is 10.6 Å². The first-order chi connectivity index (χ1) is 16.5. The normalized spacial score (nSPS) is 15.3. The van der Waals surface area contributed by atoms with Gasteiger partial charge in [0.25, 0.3) is 10.0 Å². The Morgan fingerprint density at radius 2 is 1.56 bits per heavy atom. The maximum Gasteiger partial charge on any atom is 0.252 e. The number of sulfonamides is 1. The van der Waals surface area contributed by atoms with Gasteiger partial charge in [0.2, 0.25) is 5.91 Å². The largest absolute Gasteiger partial charge is 0.302 e. The number of nitrogens with one attached hydrogen (secondary N) is 1. The molecule has 0 aliphatic carbocycles. The van der Waals surface area contributed by atoms with Gasteiger partial charge < -0.3 is 5.32 Å². The van der Waals surface area contributed by atoms with Crippen LogP contribution in [0.1, 0.15) is 12.8 Å². The summed E-state index contributed by atoms with van der Waals surface area (Å²) >= 11 is 2.67. The summed E-state index contributed by atoms with van der Waals surface area (Å²) in [7, 11) is -3.48. The van der Waals surface area contributed by atoms with Gasteiger partial charge in [-0.05, 0) is 29.9 Å². The molecule has 0 unspecified atom stereocenters. The van der Waals surface area contributed by atoms with Crippen LogP contribution in [0.25, 0.3) is 21.7 Å². The summed E-state index contributed by atoms with van der Waals surface area (Å²) in [5, 5.41) is 5.31. The lowest BCUT2D eigenvalue weighted by Gasteiger charge is -2.29. The number of thiophene rings is 1. The zero-order chi connectivity index (χ0) is 23.5. The smallest absolute Gasteiger partial charge is 0.252 e. The van der Waals surface area contributed by atoms with E-state index in [1.54, 1.807) is 17.5 Å². The first-order valence-electron chi connectivity index (χ1n) is 11.0. The van der Waals surface area contributed by atoms with Crippen molar-refractivity contribution in [3.8, 4) is 21.7 Å². The number of amides is 1. The molecule has 34 heavy (non-hydrogen) atoms. The highest BCUT2D eigenvalue weighted by molar-refractivity contribution is 7.91. The molecular formula is C25H23N3O3S3. The van der Waals surface area contributed by atoms with Crippen molar-refractivity contribution >= 4 is 43.7 Å². The van der Waals surface area contributed by atoms with Crippen LogP contribution in [0.2, 0.25) is 0 Å². The van der Waals surface area contributed by atoms with Crippen molar-refractivity contribution in [2.24, 2.45) is 5.92 Å². The van der Waals surface area contributed by atoms with Crippen LogP contribution in [0.3, 0.4) is 0 Å². The number of carbonyl (C=O) groups excluding carboxylic acids is 1. The van der Waals surface area contributed by atoms with Gasteiger partial charge in [-0.15, -0.1) is 11.3 Å². The fourth-order valence-electron chi connectivity index (χ4n) is 4.05. The zero-order valence-electron chi connectivity index (χ0n) is 18.3. The molecule has 0 saturated carbocycles. The number of benzene rings is 2. The summed E-state index contributed by atoms with van der Waals surface area (Å²) in [6.07, 6.45) is 0.970. The average Bonchev–Trinajstić information content (AvgIpc) is 3.56. The van der Waals surface area contributed by atoms with Gasteiger partial charge in [0.15, 0.2) is 5.13 Å². The SMILES string of the molecule is O=C(Nc1nc(-c2ccccc2)c(-c2ccccc2)s1)C1CCN(S(=O)(=O)c2cccs2)CC1. The molecule has 6 nitrogen and oxygen atoms in total. The van der Waals surface area contributed by atoms with E-state index in [0.29, 0.717) is 35.3 Å². The summed E-state index contributed by atoms with van der Waals surface area (Å²) in [4.78, 5) is 18.8. The number of hydrogen-bond donors (Lipinski definition) is 1. The molecule has 2 aromatic carbocycles. The summed E-state index contributed by atoms with van der Waals surface area (Å²) in [6, 6.07) is 23.3. The summed E-state index contributed by atoms with van der Waals surface area (Å²) in [5.41, 5.74) is 2.88. The zero-order valence-corrected chi connectivity index (χ0v) is 20.7. The molecule has 9 heteroatoms. The highest BCUT2D eigenvalue weighted by Gasteiger charge is 2.33. The van der Waals surface area contributed by atoms with Gasteiger partial charge in [-0.1, -0.05) is 78.1 Å². The monoisotopic (exact) mass is 509 g/mol. The van der Waals surface area contributed by atoms with E-state index >= 15 is 0 Å². The van der Waals surface area contributed by atoms with Crippen LogP contribution in [-0.2, 0) is 14.8 Å². The number of aromatic nitrogens is 1. The second-order valence-corrected chi connectivity index (χ2v) is 12.1. The predicted octanol–water partition coefficient (Wildman–Crippen LogP) is 5.58. The van der Waals surface area contributed by atoms with Crippen LogP contribution in [0.15, 0.2) is 82.4 Å². The lowest BCUT2D eigenvalue weighted by molar-refractivity contribution is -0.120. The van der Waals surface area contributed by atoms with E-state index in [-0.39, 0.29) is 11.8 Å². The third-order valence-corrected chi connectivity index (χ3v) is 10.1. The van der Waals surface area contributed by atoms with Crippen molar-refractivity contribution in [1.29, 1.82) is 0 Å². The molecule has 1 saturated heterocycles. The number of thiazole rings is 1. The minimum Gasteiger partial charge on any atom is -0.302 e. The van der Waals surface area contributed by atoms with Gasteiger partial charge >= 0.3 is 0 Å². The Morgan fingerprint density at radius 3 is 2.18 bits per heavy atom. The van der Waals surface area contributed by atoms with Crippen LogP contribution in [0, 0.1) is 5.92 Å². The van der Waals surface area contributed by atoms with E-state index in [4.69, 9.17) is 4.98 Å². The number of piperidine rings is 1. The average molecular weight is 510 g/mol. The van der Waals surface area contributed by atoms with Gasteiger partial charge in [-0.2, -0.15) is 4.31 Å². The van der Waals surface area contributed by atoms with Crippen LogP contribution in [0.5, 0.6) is 0 Å². The molecule has 1 fully saturated rings. The minimum atomic E-state index is -3.48. The van der Waals surface area contributed by atoms with Crippen LogP contribution < -0.4 is 5.32 Å². The molecule has 5 rings (SSSR count). The van der Waals surface area contributed by atoms with Crippen molar-refractivity contribution in [2.75, 3.05) is 18.4 Å². The standard InChI is InChI=1S/C25H23N3O3S3/c29-24(20-13-15-28(16-14-20)34(30,31)21-12-7-17-32-21)27-25-26-22(18-8-3-1-4-9-18)23(33-25)19-10-5-2-6-11-19/h1-12,17,20H,13-16H2,(H,26,27,29). The maximum atomic E-state index is 13.0. The van der Waals surface area contributed by atoms with Gasteiger partial charge in [-0.3, -0.25) is 4.79 Å². The number of carbonyl (C=O) groups is 1. The molecule has 1 aliphatic rings.